The average molecular weight is 435 g/mol. The highest BCUT2D eigenvalue weighted by molar-refractivity contribution is 5.74. The minimum absolute atomic E-state index is 0.0415. The summed E-state index contributed by atoms with van der Waals surface area (Å²) in [4.78, 5) is 13.4. The maximum Gasteiger partial charge on any atom is 0.309 e. The molecule has 0 aromatic rings. The molecule has 2 aliphatic carbocycles. The van der Waals surface area contributed by atoms with Gasteiger partial charge in [-0.3, -0.25) is 4.79 Å². The van der Waals surface area contributed by atoms with Gasteiger partial charge in [0.1, 0.15) is 11.7 Å². The number of hydrogen-bond donors (Lipinski definition) is 2. The van der Waals surface area contributed by atoms with E-state index in [9.17, 15) is 15.0 Å². The molecule has 4 rings (SSSR count). The quantitative estimate of drug-likeness (QED) is 0.511. The van der Waals surface area contributed by atoms with E-state index in [2.05, 4.69) is 39.0 Å². The van der Waals surface area contributed by atoms with Crippen LogP contribution in [0.4, 0.5) is 0 Å². The van der Waals surface area contributed by atoms with Crippen molar-refractivity contribution in [3.8, 4) is 0 Å². The highest BCUT2D eigenvalue weighted by Crippen LogP contribution is 2.61. The lowest BCUT2D eigenvalue weighted by molar-refractivity contribution is -0.162. The molecule has 11 atom stereocenters. The van der Waals surface area contributed by atoms with Gasteiger partial charge in [0.15, 0.2) is 0 Å². The Morgan fingerprint density at radius 1 is 1.19 bits per heavy atom. The minimum Gasteiger partial charge on any atom is -0.462 e. The lowest BCUT2D eigenvalue weighted by Crippen LogP contribution is -2.58. The first kappa shape index (κ1) is 23.0. The van der Waals surface area contributed by atoms with E-state index in [1.54, 1.807) is 7.11 Å². The van der Waals surface area contributed by atoms with Crippen molar-refractivity contribution in [2.45, 2.75) is 77.0 Å². The van der Waals surface area contributed by atoms with Gasteiger partial charge in [0.2, 0.25) is 0 Å². The van der Waals surface area contributed by atoms with E-state index in [1.807, 2.05) is 6.92 Å². The van der Waals surface area contributed by atoms with Crippen LogP contribution in [0.3, 0.4) is 0 Å². The molecule has 2 N–H and O–H groups in total. The summed E-state index contributed by atoms with van der Waals surface area (Å²) in [5, 5.41) is 22.6. The third-order valence-electron chi connectivity index (χ3n) is 8.33. The van der Waals surface area contributed by atoms with Gasteiger partial charge in [-0.2, -0.15) is 0 Å². The average Bonchev–Trinajstić information content (AvgIpc) is 2.94. The van der Waals surface area contributed by atoms with Crippen LogP contribution >= 0.6 is 0 Å². The van der Waals surface area contributed by atoms with Crippen LogP contribution in [0.2, 0.25) is 0 Å². The molecule has 174 valence electrons. The van der Waals surface area contributed by atoms with Crippen molar-refractivity contribution in [1.82, 2.24) is 0 Å². The number of carbonyl (C=O) groups excluding carboxylic acids is 1. The standard InChI is InChI=1S/C25H38O6/c1-6-8-19-13(3)11-14(4)25-18(15(7-2)24(28)30-19)10-9-16-20(25)21(26)17(12-29-5)22(27)23(16)31-25/h9-11,13,15-23,26-27H,6-8,12H2,1-5H3/b14-11+/t13-,15-,16-,17-,18-,19-,20+,21-,22-,23-,25+/m1/s1. The van der Waals surface area contributed by atoms with Crippen molar-refractivity contribution in [2.75, 3.05) is 13.7 Å². The second-order valence-corrected chi connectivity index (χ2v) is 9.98. The number of aliphatic hydroxyl groups is 2. The van der Waals surface area contributed by atoms with Gasteiger partial charge in [-0.15, -0.1) is 0 Å². The van der Waals surface area contributed by atoms with Crippen LogP contribution in [0, 0.1) is 35.5 Å². The molecule has 2 heterocycles. The van der Waals surface area contributed by atoms with Crippen LogP contribution in [0.25, 0.3) is 0 Å². The molecule has 0 aromatic heterocycles. The van der Waals surface area contributed by atoms with Gasteiger partial charge < -0.3 is 24.4 Å². The van der Waals surface area contributed by atoms with Gasteiger partial charge in [-0.25, -0.2) is 0 Å². The number of rotatable bonds is 5. The fourth-order valence-electron chi connectivity index (χ4n) is 6.87. The highest BCUT2D eigenvalue weighted by Gasteiger charge is 2.69. The smallest absolute Gasteiger partial charge is 0.309 e. The van der Waals surface area contributed by atoms with Gasteiger partial charge in [0.05, 0.1) is 30.8 Å². The van der Waals surface area contributed by atoms with E-state index < -0.39 is 29.8 Å². The Morgan fingerprint density at radius 2 is 1.94 bits per heavy atom. The summed E-state index contributed by atoms with van der Waals surface area (Å²) in [6, 6.07) is 0. The topological polar surface area (TPSA) is 85.2 Å². The number of carbonyl (C=O) groups is 1. The van der Waals surface area contributed by atoms with Crippen molar-refractivity contribution >= 4 is 5.97 Å². The molecule has 0 aromatic carbocycles. The predicted octanol–water partition coefficient (Wildman–Crippen LogP) is 2.87. The lowest BCUT2D eigenvalue weighted by Gasteiger charge is -2.49. The Morgan fingerprint density at radius 3 is 2.58 bits per heavy atom. The molecule has 4 aliphatic rings. The van der Waals surface area contributed by atoms with E-state index in [1.165, 1.54) is 0 Å². The molecular weight excluding hydrogens is 396 g/mol. The van der Waals surface area contributed by atoms with E-state index in [4.69, 9.17) is 14.2 Å². The van der Waals surface area contributed by atoms with Gasteiger partial charge in [-0.1, -0.05) is 45.4 Å². The third kappa shape index (κ3) is 3.33. The molecule has 2 fully saturated rings. The SMILES string of the molecule is CCC[C@H]1OC(=O)[C@H](CC)[C@H]2C=C[C@H]3[C@H]4O[C@]2(/C(C)=C/[C@H]1C)[C@@H]3[C@H](O)[C@@H](COC)[C@H]4O. The number of hydrogen-bond acceptors (Lipinski definition) is 6. The largest absolute Gasteiger partial charge is 0.462 e. The fourth-order valence-corrected chi connectivity index (χ4v) is 6.87. The molecule has 1 spiro atoms. The van der Waals surface area contributed by atoms with Gasteiger partial charge in [-0.05, 0) is 25.3 Å². The first-order valence-corrected chi connectivity index (χ1v) is 11.9. The van der Waals surface area contributed by atoms with Crippen LogP contribution in [0.15, 0.2) is 23.8 Å². The third-order valence-corrected chi connectivity index (χ3v) is 8.33. The van der Waals surface area contributed by atoms with Crippen LogP contribution in [-0.2, 0) is 19.0 Å². The van der Waals surface area contributed by atoms with Crippen molar-refractivity contribution < 1.29 is 29.2 Å². The van der Waals surface area contributed by atoms with Crippen LogP contribution < -0.4 is 0 Å². The maximum atomic E-state index is 13.4. The van der Waals surface area contributed by atoms with E-state index >= 15 is 0 Å². The Hall–Kier alpha value is -1.21. The number of methoxy groups -OCH3 is 1. The Kier molecular flexibility index (Phi) is 6.39. The summed E-state index contributed by atoms with van der Waals surface area (Å²) in [5.74, 6) is -1.49. The summed E-state index contributed by atoms with van der Waals surface area (Å²) in [5.41, 5.74) is 0.205. The molecule has 2 aliphatic heterocycles. The highest BCUT2D eigenvalue weighted by atomic mass is 16.6. The van der Waals surface area contributed by atoms with Crippen molar-refractivity contribution in [3.63, 3.8) is 0 Å². The molecular formula is C25H38O6. The monoisotopic (exact) mass is 434 g/mol. The van der Waals surface area contributed by atoms with Crippen molar-refractivity contribution in [1.29, 1.82) is 0 Å². The zero-order valence-electron chi connectivity index (χ0n) is 19.4. The van der Waals surface area contributed by atoms with Crippen LogP contribution in [0.1, 0.15) is 47.0 Å². The number of aliphatic hydroxyl groups excluding tert-OH is 2. The molecule has 1 saturated carbocycles. The van der Waals surface area contributed by atoms with Crippen LogP contribution in [0.5, 0.6) is 0 Å². The maximum absolute atomic E-state index is 13.4. The summed E-state index contributed by atoms with van der Waals surface area (Å²) >= 11 is 0. The first-order valence-electron chi connectivity index (χ1n) is 11.9. The summed E-state index contributed by atoms with van der Waals surface area (Å²) in [7, 11) is 1.59. The molecule has 4 bridgehead atoms. The van der Waals surface area contributed by atoms with Gasteiger partial charge >= 0.3 is 5.97 Å². The number of cyclic esters (lactones) is 1. The number of esters is 1. The predicted molar refractivity (Wildman–Crippen MR) is 116 cm³/mol. The Balaban J connectivity index is 1.86. The zero-order chi connectivity index (χ0) is 22.5. The van der Waals surface area contributed by atoms with E-state index in [0.29, 0.717) is 6.42 Å². The summed E-state index contributed by atoms with van der Waals surface area (Å²) in [6.07, 6.45) is 6.51. The molecule has 31 heavy (non-hydrogen) atoms. The summed E-state index contributed by atoms with van der Waals surface area (Å²) < 4.78 is 18.2. The second kappa shape index (κ2) is 8.62. The lowest BCUT2D eigenvalue weighted by atomic mass is 9.56. The Labute approximate surface area is 185 Å². The van der Waals surface area contributed by atoms with E-state index in [-0.39, 0.29) is 48.3 Å². The molecule has 1 saturated heterocycles. The Bertz CT molecular complexity index is 746. The molecule has 6 nitrogen and oxygen atoms in total. The van der Waals surface area contributed by atoms with Crippen LogP contribution in [-0.4, -0.2) is 59.9 Å². The second-order valence-electron chi connectivity index (χ2n) is 9.98. The first-order chi connectivity index (χ1) is 14.8. The minimum atomic E-state index is -0.831. The molecule has 6 heteroatoms. The normalized spacial score (nSPS) is 50.5. The van der Waals surface area contributed by atoms with Crippen molar-refractivity contribution in [2.24, 2.45) is 35.5 Å². The number of ether oxygens (including phenoxy) is 3. The fraction of sp³-hybridized carbons (Fsp3) is 0.800. The van der Waals surface area contributed by atoms with Crippen molar-refractivity contribution in [3.05, 3.63) is 23.8 Å². The molecule has 0 unspecified atom stereocenters. The zero-order valence-corrected chi connectivity index (χ0v) is 19.4. The molecule has 0 radical (unpaired) electrons. The van der Waals surface area contributed by atoms with Gasteiger partial charge in [0.25, 0.3) is 0 Å². The van der Waals surface area contributed by atoms with Gasteiger partial charge in [0, 0.05) is 36.7 Å². The summed E-state index contributed by atoms with van der Waals surface area (Å²) in [6.45, 7) is 8.53. The van der Waals surface area contributed by atoms with E-state index in [0.717, 1.165) is 18.4 Å². The molecule has 0 amide bonds.